The van der Waals surface area contributed by atoms with Gasteiger partial charge in [0.05, 0.1) is 16.1 Å². The minimum Gasteiger partial charge on any atom is -0.307 e. The van der Waals surface area contributed by atoms with Gasteiger partial charge in [-0.1, -0.05) is 72.3 Å². The number of hydrogen-bond donors (Lipinski definition) is 2. The summed E-state index contributed by atoms with van der Waals surface area (Å²) in [6.07, 6.45) is 3.91. The molecule has 1 aromatic heterocycles. The number of nitrogens with one attached hydrogen (secondary N) is 2. The summed E-state index contributed by atoms with van der Waals surface area (Å²) in [5.41, 5.74) is 3.07. The van der Waals surface area contributed by atoms with Gasteiger partial charge in [0, 0.05) is 16.1 Å². The van der Waals surface area contributed by atoms with Gasteiger partial charge in [-0.25, -0.2) is 22.9 Å². The number of halogens is 1. The average Bonchev–Trinajstić information content (AvgIpc) is 2.87. The molecule has 0 aliphatic rings. The minimum atomic E-state index is -3.96. The first-order valence-electron chi connectivity index (χ1n) is 11.0. The zero-order valence-electron chi connectivity index (χ0n) is 18.9. The summed E-state index contributed by atoms with van der Waals surface area (Å²) >= 11 is 6.10. The van der Waals surface area contributed by atoms with Crippen LogP contribution in [0.2, 0.25) is 5.02 Å². The topological polar surface area (TPSA) is 88.2 Å². The summed E-state index contributed by atoms with van der Waals surface area (Å²) in [6, 6.07) is 27.7. The van der Waals surface area contributed by atoms with Crippen LogP contribution in [-0.2, 0) is 10.0 Å². The van der Waals surface area contributed by atoms with Crippen molar-refractivity contribution in [3.63, 3.8) is 0 Å². The van der Waals surface area contributed by atoms with Crippen LogP contribution < -0.4 is 10.0 Å². The molecule has 1 heterocycles. The molecule has 0 radical (unpaired) electrons. The third-order valence-electron chi connectivity index (χ3n) is 5.56. The highest BCUT2D eigenvalue weighted by molar-refractivity contribution is 7.90. The smallest absolute Gasteiger partial charge is 0.307 e. The Morgan fingerprint density at radius 3 is 2.44 bits per heavy atom. The van der Waals surface area contributed by atoms with Gasteiger partial charge >= 0.3 is 6.03 Å². The molecule has 0 aliphatic heterocycles. The number of urea groups is 1. The Labute approximate surface area is 213 Å². The largest absolute Gasteiger partial charge is 0.333 e. The van der Waals surface area contributed by atoms with E-state index in [1.165, 1.54) is 12.1 Å². The van der Waals surface area contributed by atoms with Gasteiger partial charge in [0.1, 0.15) is 0 Å². The summed E-state index contributed by atoms with van der Waals surface area (Å²) in [4.78, 5) is 17.0. The third-order valence-corrected chi connectivity index (χ3v) is 7.14. The van der Waals surface area contributed by atoms with Crippen LogP contribution >= 0.6 is 11.6 Å². The van der Waals surface area contributed by atoms with Crippen molar-refractivity contribution in [1.29, 1.82) is 0 Å². The summed E-state index contributed by atoms with van der Waals surface area (Å²) in [7, 11) is -3.96. The second kappa shape index (κ2) is 9.81. The molecule has 4 aromatic carbocycles. The number of carbonyl (C=O) groups excluding carboxylic acids is 1. The van der Waals surface area contributed by atoms with Crippen molar-refractivity contribution in [2.45, 2.75) is 4.90 Å². The number of nitrogens with zero attached hydrogens (tertiary/aromatic N) is 1. The van der Waals surface area contributed by atoms with Gasteiger partial charge in [-0.15, -0.1) is 0 Å². The number of rotatable bonds is 5. The number of anilines is 1. The maximum absolute atomic E-state index is 12.4. The zero-order valence-corrected chi connectivity index (χ0v) is 20.4. The molecule has 178 valence electrons. The van der Waals surface area contributed by atoms with Crippen molar-refractivity contribution in [3.8, 4) is 0 Å². The van der Waals surface area contributed by atoms with E-state index < -0.39 is 16.1 Å². The highest BCUT2D eigenvalue weighted by atomic mass is 35.5. The van der Waals surface area contributed by atoms with E-state index in [0.29, 0.717) is 10.7 Å². The maximum Gasteiger partial charge on any atom is 0.333 e. The highest BCUT2D eigenvalue weighted by Gasteiger charge is 2.17. The molecule has 8 heteroatoms. The van der Waals surface area contributed by atoms with Crippen molar-refractivity contribution in [2.75, 3.05) is 5.32 Å². The van der Waals surface area contributed by atoms with Crippen molar-refractivity contribution >= 4 is 67.2 Å². The van der Waals surface area contributed by atoms with Crippen LogP contribution in [0.4, 0.5) is 10.5 Å². The monoisotopic (exact) mass is 513 g/mol. The lowest BCUT2D eigenvalue weighted by Gasteiger charge is -2.10. The predicted octanol–water partition coefficient (Wildman–Crippen LogP) is 6.72. The Kier molecular flexibility index (Phi) is 6.41. The lowest BCUT2D eigenvalue weighted by atomic mass is 10.0. The molecule has 2 N–H and O–H groups in total. The summed E-state index contributed by atoms with van der Waals surface area (Å²) in [6.45, 7) is 0. The second-order valence-corrected chi connectivity index (χ2v) is 10.2. The highest BCUT2D eigenvalue weighted by Crippen LogP contribution is 2.25. The van der Waals surface area contributed by atoms with Crippen LogP contribution in [0.15, 0.2) is 102 Å². The van der Waals surface area contributed by atoms with E-state index in [1.54, 1.807) is 30.3 Å². The van der Waals surface area contributed by atoms with E-state index >= 15 is 0 Å². The molecule has 36 heavy (non-hydrogen) atoms. The SMILES string of the molecule is O=C(Nc1ccc2c(/C=C/c3ccc4ccc(Cl)cc4n3)cccc2c1)NS(=O)(=O)c1ccccc1. The molecule has 0 spiro atoms. The molecule has 0 saturated carbocycles. The van der Waals surface area contributed by atoms with Gasteiger partial charge in [0.15, 0.2) is 0 Å². The molecule has 0 bridgehead atoms. The summed E-state index contributed by atoms with van der Waals surface area (Å²) in [5, 5.41) is 6.11. The van der Waals surface area contributed by atoms with Gasteiger partial charge in [0.25, 0.3) is 10.0 Å². The fraction of sp³-hybridized carbons (Fsp3) is 0. The number of amides is 2. The fourth-order valence-corrected chi connectivity index (χ4v) is 4.94. The Balaban J connectivity index is 1.35. The van der Waals surface area contributed by atoms with Crippen molar-refractivity contribution in [1.82, 2.24) is 9.71 Å². The number of benzene rings is 4. The number of fused-ring (bicyclic) bond motifs is 2. The molecular weight excluding hydrogens is 494 g/mol. The minimum absolute atomic E-state index is 0.0130. The molecule has 0 atom stereocenters. The van der Waals surface area contributed by atoms with E-state index in [-0.39, 0.29) is 4.90 Å². The number of hydrogen-bond acceptors (Lipinski definition) is 4. The summed E-state index contributed by atoms with van der Waals surface area (Å²) in [5.74, 6) is 0. The third kappa shape index (κ3) is 5.22. The van der Waals surface area contributed by atoms with E-state index in [9.17, 15) is 13.2 Å². The predicted molar refractivity (Wildman–Crippen MR) is 145 cm³/mol. The first-order valence-corrected chi connectivity index (χ1v) is 12.9. The second-order valence-electron chi connectivity index (χ2n) is 8.06. The molecule has 0 aliphatic carbocycles. The van der Waals surface area contributed by atoms with Crippen molar-refractivity contribution in [3.05, 3.63) is 113 Å². The fourth-order valence-electron chi connectivity index (χ4n) is 3.84. The standard InChI is InChI=1S/C28H20ClN3O3S/c29-22-12-9-20-11-14-23(30-27(20)18-22)13-10-19-5-4-6-21-17-24(15-16-26(19)21)31-28(33)32-36(34,35)25-7-2-1-3-8-25/h1-18H,(H2,31,32,33)/b13-10+. The van der Waals surface area contributed by atoms with E-state index in [2.05, 4.69) is 10.3 Å². The molecule has 0 unspecified atom stereocenters. The Bertz CT molecular complexity index is 1740. The van der Waals surface area contributed by atoms with E-state index in [4.69, 9.17) is 11.6 Å². The molecule has 5 aromatic rings. The van der Waals surface area contributed by atoms with Gasteiger partial charge < -0.3 is 5.32 Å². The Morgan fingerprint density at radius 1 is 0.806 bits per heavy atom. The van der Waals surface area contributed by atoms with E-state index in [0.717, 1.165) is 32.9 Å². The van der Waals surface area contributed by atoms with Crippen LogP contribution in [0.1, 0.15) is 11.3 Å². The molecule has 0 fully saturated rings. The van der Waals surface area contributed by atoms with Crippen LogP contribution in [0.3, 0.4) is 0 Å². The lowest BCUT2D eigenvalue weighted by Crippen LogP contribution is -2.34. The van der Waals surface area contributed by atoms with Crippen LogP contribution in [0.5, 0.6) is 0 Å². The van der Waals surface area contributed by atoms with Crippen molar-refractivity contribution in [2.24, 2.45) is 0 Å². The quantitative estimate of drug-likeness (QED) is 0.273. The molecule has 6 nitrogen and oxygen atoms in total. The summed E-state index contributed by atoms with van der Waals surface area (Å²) < 4.78 is 26.8. The number of pyridine rings is 1. The Morgan fingerprint density at radius 2 is 1.61 bits per heavy atom. The number of aromatic nitrogens is 1. The molecule has 5 rings (SSSR count). The van der Waals surface area contributed by atoms with Gasteiger partial charge in [-0.05, 0) is 64.9 Å². The maximum atomic E-state index is 12.4. The average molecular weight is 514 g/mol. The lowest BCUT2D eigenvalue weighted by molar-refractivity contribution is 0.256. The van der Waals surface area contributed by atoms with Crippen LogP contribution in [0, 0.1) is 0 Å². The molecule has 0 saturated heterocycles. The zero-order chi connectivity index (χ0) is 25.1. The van der Waals surface area contributed by atoms with Gasteiger partial charge in [0.2, 0.25) is 0 Å². The molecule has 2 amide bonds. The van der Waals surface area contributed by atoms with Crippen LogP contribution in [-0.4, -0.2) is 19.4 Å². The molecular formula is C28H20ClN3O3S. The normalized spacial score (nSPS) is 11.7. The first kappa shape index (κ1) is 23.5. The van der Waals surface area contributed by atoms with Crippen LogP contribution in [0.25, 0.3) is 33.8 Å². The Hall–Kier alpha value is -4.20. The first-order chi connectivity index (χ1) is 17.4. The van der Waals surface area contributed by atoms with Gasteiger partial charge in [-0.3, -0.25) is 0 Å². The number of carbonyl (C=O) groups is 1. The number of sulfonamides is 1. The van der Waals surface area contributed by atoms with Gasteiger partial charge in [-0.2, -0.15) is 0 Å². The van der Waals surface area contributed by atoms with E-state index in [1.807, 2.05) is 71.5 Å². The van der Waals surface area contributed by atoms with Crippen molar-refractivity contribution < 1.29 is 13.2 Å².